The highest BCUT2D eigenvalue weighted by Gasteiger charge is 2.29. The molecule has 0 saturated heterocycles. The fourth-order valence-electron chi connectivity index (χ4n) is 3.56. The minimum Gasteiger partial charge on any atom is -0.387 e. The average Bonchev–Trinajstić information content (AvgIpc) is 3.12. The Hall–Kier alpha value is -2.71. The molecule has 0 spiro atoms. The van der Waals surface area contributed by atoms with Gasteiger partial charge in [0.25, 0.3) is 0 Å². The maximum absolute atomic E-state index is 12.6. The summed E-state index contributed by atoms with van der Waals surface area (Å²) in [7, 11) is 0. The number of hydrogen-bond donors (Lipinski definition) is 1. The molecule has 0 bridgehead atoms. The fourth-order valence-corrected chi connectivity index (χ4v) is 4.09. The lowest BCUT2D eigenvalue weighted by Crippen LogP contribution is -2.29. The topological polar surface area (TPSA) is 39.6 Å². The summed E-state index contributed by atoms with van der Waals surface area (Å²) in [5.74, 6) is 0. The number of fused-ring (bicyclic) bond motifs is 1. The third kappa shape index (κ3) is 4.55. The van der Waals surface area contributed by atoms with E-state index in [1.54, 1.807) is 25.3 Å². The Morgan fingerprint density at radius 3 is 2.53 bits per heavy atom. The second-order valence-corrected chi connectivity index (χ2v) is 8.21. The quantitative estimate of drug-likeness (QED) is 0.552. The molecule has 1 aliphatic rings. The van der Waals surface area contributed by atoms with Crippen molar-refractivity contribution in [3.05, 3.63) is 78.3 Å². The molecule has 4 rings (SSSR count). The molecule has 8 heteroatoms. The first-order chi connectivity index (χ1) is 14.3. The van der Waals surface area contributed by atoms with Crippen molar-refractivity contribution in [3.8, 4) is 0 Å². The molecule has 1 aromatic heterocycles. The van der Waals surface area contributed by atoms with E-state index in [-0.39, 0.29) is 16.7 Å². The van der Waals surface area contributed by atoms with Gasteiger partial charge in [0, 0.05) is 34.9 Å². The summed E-state index contributed by atoms with van der Waals surface area (Å²) in [6.45, 7) is 2.77. The molecule has 4 nitrogen and oxygen atoms in total. The molecule has 0 radical (unpaired) electrons. The number of anilines is 1. The predicted molar refractivity (Wildman–Crippen MR) is 113 cm³/mol. The van der Waals surface area contributed by atoms with Crippen molar-refractivity contribution in [2.45, 2.75) is 30.0 Å². The lowest BCUT2D eigenvalue weighted by atomic mass is 10.1. The predicted octanol–water partition coefficient (Wildman–Crippen LogP) is 5.35. The number of thioether (sulfide) groups is 1. The molecule has 0 fully saturated rings. The van der Waals surface area contributed by atoms with Crippen LogP contribution in [0.1, 0.15) is 12.5 Å². The number of para-hydroxylation sites is 1. The van der Waals surface area contributed by atoms with E-state index in [1.807, 2.05) is 41.4 Å². The van der Waals surface area contributed by atoms with Gasteiger partial charge in [-0.3, -0.25) is 4.98 Å². The van der Waals surface area contributed by atoms with Crippen molar-refractivity contribution < 1.29 is 18.3 Å². The summed E-state index contributed by atoms with van der Waals surface area (Å²) in [5.41, 5.74) is -0.790. The van der Waals surface area contributed by atoms with Gasteiger partial charge >= 0.3 is 5.51 Å². The first-order valence-corrected chi connectivity index (χ1v) is 10.2. The first-order valence-electron chi connectivity index (χ1n) is 9.40. The number of hydrogen-bond acceptors (Lipinski definition) is 5. The van der Waals surface area contributed by atoms with Gasteiger partial charge in [-0.2, -0.15) is 13.2 Å². The minimum absolute atomic E-state index is 0.129. The van der Waals surface area contributed by atoms with Crippen LogP contribution in [0.25, 0.3) is 10.9 Å². The zero-order valence-electron chi connectivity index (χ0n) is 16.2. The molecular formula is C22H20F3N3OS. The van der Waals surface area contributed by atoms with Crippen LogP contribution < -0.4 is 4.90 Å². The second-order valence-electron chi connectivity index (χ2n) is 7.07. The number of benzene rings is 2. The lowest BCUT2D eigenvalue weighted by molar-refractivity contribution is -0.0328. The van der Waals surface area contributed by atoms with Crippen LogP contribution >= 0.6 is 11.8 Å². The normalized spacial score (nSPS) is 15.6. The van der Waals surface area contributed by atoms with E-state index in [0.717, 1.165) is 27.9 Å². The van der Waals surface area contributed by atoms with Gasteiger partial charge in [-0.1, -0.05) is 18.2 Å². The van der Waals surface area contributed by atoms with Crippen molar-refractivity contribution in [1.29, 1.82) is 0 Å². The Kier molecular flexibility index (Phi) is 5.62. The number of halogens is 3. The van der Waals surface area contributed by atoms with Gasteiger partial charge in [0.2, 0.25) is 0 Å². The number of pyridine rings is 1. The Bertz CT molecular complexity index is 1060. The van der Waals surface area contributed by atoms with Crippen LogP contribution in [-0.4, -0.2) is 33.3 Å². The van der Waals surface area contributed by atoms with Gasteiger partial charge in [-0.15, -0.1) is 0 Å². The monoisotopic (exact) mass is 431 g/mol. The third-order valence-corrected chi connectivity index (χ3v) is 5.65. The van der Waals surface area contributed by atoms with Crippen LogP contribution in [0.3, 0.4) is 0 Å². The van der Waals surface area contributed by atoms with E-state index in [1.165, 1.54) is 12.1 Å². The molecule has 2 aromatic carbocycles. The number of aliphatic hydroxyl groups excluding tert-OH is 1. The van der Waals surface area contributed by atoms with Crippen LogP contribution in [0.5, 0.6) is 0 Å². The maximum atomic E-state index is 12.6. The lowest BCUT2D eigenvalue weighted by Gasteiger charge is -2.26. The van der Waals surface area contributed by atoms with Gasteiger partial charge in [0.05, 0.1) is 24.0 Å². The number of alkyl halides is 3. The summed E-state index contributed by atoms with van der Waals surface area (Å²) in [5, 5.41) is 11.3. The van der Waals surface area contributed by atoms with Gasteiger partial charge in [-0.05, 0) is 60.6 Å². The highest BCUT2D eigenvalue weighted by molar-refractivity contribution is 8.00. The smallest absolute Gasteiger partial charge is 0.387 e. The Balaban J connectivity index is 1.56. The van der Waals surface area contributed by atoms with Crippen molar-refractivity contribution in [2.24, 2.45) is 0 Å². The zero-order valence-corrected chi connectivity index (χ0v) is 17.0. The van der Waals surface area contributed by atoms with Crippen LogP contribution in [0, 0.1) is 0 Å². The highest BCUT2D eigenvalue weighted by atomic mass is 32.2. The van der Waals surface area contributed by atoms with E-state index >= 15 is 0 Å². The molecule has 0 saturated carbocycles. The van der Waals surface area contributed by atoms with Gasteiger partial charge < -0.3 is 14.9 Å². The van der Waals surface area contributed by atoms with Crippen LogP contribution in [0.4, 0.5) is 18.9 Å². The van der Waals surface area contributed by atoms with Crippen molar-refractivity contribution >= 4 is 28.4 Å². The summed E-state index contributed by atoms with van der Waals surface area (Å²) >= 11 is -0.129. The average molecular weight is 431 g/mol. The molecule has 1 atom stereocenters. The van der Waals surface area contributed by atoms with E-state index in [9.17, 15) is 18.3 Å². The number of aromatic nitrogens is 1. The third-order valence-electron chi connectivity index (χ3n) is 4.91. The molecule has 30 heavy (non-hydrogen) atoms. The van der Waals surface area contributed by atoms with Gasteiger partial charge in [0.15, 0.2) is 0 Å². The molecule has 3 aromatic rings. The Morgan fingerprint density at radius 2 is 1.83 bits per heavy atom. The SMILES string of the molecule is C[C@@H](O)C1=CN(c2ccc(SC(F)(F)F)cc2)CN1Cc1ccnc2ccccc12. The van der Waals surface area contributed by atoms with E-state index < -0.39 is 11.6 Å². The fraction of sp³-hybridized carbons (Fsp3) is 0.227. The second kappa shape index (κ2) is 8.20. The largest absolute Gasteiger partial charge is 0.446 e. The molecule has 0 amide bonds. The van der Waals surface area contributed by atoms with E-state index in [4.69, 9.17) is 0 Å². The van der Waals surface area contributed by atoms with Crippen LogP contribution in [-0.2, 0) is 6.54 Å². The first kappa shape index (κ1) is 20.6. The number of nitrogens with zero attached hydrogens (tertiary/aromatic N) is 3. The van der Waals surface area contributed by atoms with Crippen LogP contribution in [0.15, 0.2) is 77.6 Å². The zero-order chi connectivity index (χ0) is 21.3. The van der Waals surface area contributed by atoms with E-state index in [0.29, 0.717) is 13.2 Å². The van der Waals surface area contributed by atoms with Crippen LogP contribution in [0.2, 0.25) is 0 Å². The molecular weight excluding hydrogens is 411 g/mol. The van der Waals surface area contributed by atoms with Crippen molar-refractivity contribution in [1.82, 2.24) is 9.88 Å². The molecule has 2 heterocycles. The molecule has 156 valence electrons. The maximum Gasteiger partial charge on any atom is 0.446 e. The highest BCUT2D eigenvalue weighted by Crippen LogP contribution is 2.38. The minimum atomic E-state index is -4.31. The van der Waals surface area contributed by atoms with Crippen molar-refractivity contribution in [3.63, 3.8) is 0 Å². The summed E-state index contributed by atoms with van der Waals surface area (Å²) in [6, 6.07) is 16.1. The van der Waals surface area contributed by atoms with E-state index in [2.05, 4.69) is 9.88 Å². The van der Waals surface area contributed by atoms with Crippen molar-refractivity contribution in [2.75, 3.05) is 11.6 Å². The Morgan fingerprint density at radius 1 is 1.10 bits per heavy atom. The molecule has 0 aliphatic carbocycles. The Labute approximate surface area is 176 Å². The molecule has 0 unspecified atom stereocenters. The molecule has 1 aliphatic heterocycles. The number of aliphatic hydroxyl groups is 1. The van der Waals surface area contributed by atoms with Gasteiger partial charge in [0.1, 0.15) is 0 Å². The number of rotatable bonds is 5. The standard InChI is InChI=1S/C22H20F3N3OS/c1-15(29)21-13-27(17-6-8-18(9-7-17)30-22(23,24)25)14-28(21)12-16-10-11-26-20-5-3-2-4-19(16)20/h2-11,13,15,29H,12,14H2,1H3/t15-/m1/s1. The summed E-state index contributed by atoms with van der Waals surface area (Å²) in [4.78, 5) is 8.52. The summed E-state index contributed by atoms with van der Waals surface area (Å²) < 4.78 is 37.7. The molecule has 1 N–H and O–H groups in total. The van der Waals surface area contributed by atoms with Gasteiger partial charge in [-0.25, -0.2) is 0 Å². The summed E-state index contributed by atoms with van der Waals surface area (Å²) in [6.07, 6.45) is 2.94.